The quantitative estimate of drug-likeness (QED) is 0.412. The Morgan fingerprint density at radius 2 is 1.45 bits per heavy atom. The fraction of sp³-hybridized carbons (Fsp3) is 0.250. The lowest BCUT2D eigenvalue weighted by molar-refractivity contribution is -0.112. The molecule has 0 heterocycles. The van der Waals surface area contributed by atoms with Crippen molar-refractivity contribution in [2.24, 2.45) is 0 Å². The van der Waals surface area contributed by atoms with E-state index in [1.54, 1.807) is 0 Å². The standard InChI is InChI=1S/C20H24OSi/c1-3-4-5-12-17-20(21)22(2,18-13-8-6-9-14-18)19-15-10-7-11-16-19/h3,6-11,13-16H,1,4-5,12,17H2,2H3. The second kappa shape index (κ2) is 7.90. The Hall–Kier alpha value is -1.93. The van der Waals surface area contributed by atoms with Gasteiger partial charge in [0.25, 0.3) is 0 Å². The fourth-order valence-electron chi connectivity index (χ4n) is 2.86. The summed E-state index contributed by atoms with van der Waals surface area (Å²) >= 11 is 0. The maximum Gasteiger partial charge on any atom is 0.190 e. The highest BCUT2D eigenvalue weighted by molar-refractivity contribution is 7.21. The van der Waals surface area contributed by atoms with Crippen molar-refractivity contribution >= 4 is 23.9 Å². The molecule has 2 aromatic rings. The Balaban J connectivity index is 2.30. The molecule has 0 aliphatic carbocycles. The molecule has 0 unspecified atom stereocenters. The third-order valence-electron chi connectivity index (χ3n) is 4.32. The zero-order valence-electron chi connectivity index (χ0n) is 13.3. The van der Waals surface area contributed by atoms with Crippen LogP contribution in [0.2, 0.25) is 6.55 Å². The predicted molar refractivity (Wildman–Crippen MR) is 97.4 cm³/mol. The first-order valence-corrected chi connectivity index (χ1v) is 10.4. The van der Waals surface area contributed by atoms with Crippen LogP contribution in [0.3, 0.4) is 0 Å². The Bertz CT molecular complexity index is 565. The molecule has 114 valence electrons. The summed E-state index contributed by atoms with van der Waals surface area (Å²) < 4.78 is 0. The van der Waals surface area contributed by atoms with E-state index in [4.69, 9.17) is 0 Å². The van der Waals surface area contributed by atoms with Gasteiger partial charge in [-0.15, -0.1) is 6.58 Å². The van der Waals surface area contributed by atoms with Gasteiger partial charge in [0, 0.05) is 6.42 Å². The van der Waals surface area contributed by atoms with Gasteiger partial charge >= 0.3 is 0 Å². The number of rotatable bonds is 8. The first kappa shape index (κ1) is 16.4. The average Bonchev–Trinajstić information content (AvgIpc) is 2.59. The number of carbonyl (C=O) groups excluding carboxylic acids is 1. The van der Waals surface area contributed by atoms with E-state index >= 15 is 0 Å². The molecule has 0 atom stereocenters. The number of benzene rings is 2. The number of allylic oxidation sites excluding steroid dienone is 1. The van der Waals surface area contributed by atoms with E-state index in [0.717, 1.165) is 19.3 Å². The minimum atomic E-state index is -2.33. The summed E-state index contributed by atoms with van der Waals surface area (Å²) in [5.74, 6) is 0. The summed E-state index contributed by atoms with van der Waals surface area (Å²) in [4.78, 5) is 13.1. The van der Waals surface area contributed by atoms with Crippen molar-refractivity contribution < 1.29 is 4.79 Å². The van der Waals surface area contributed by atoms with Gasteiger partial charge in [-0.1, -0.05) is 73.3 Å². The van der Waals surface area contributed by atoms with E-state index in [1.807, 2.05) is 42.5 Å². The van der Waals surface area contributed by atoms with E-state index in [1.165, 1.54) is 10.4 Å². The van der Waals surface area contributed by atoms with Crippen molar-refractivity contribution in [3.63, 3.8) is 0 Å². The Morgan fingerprint density at radius 3 is 1.91 bits per heavy atom. The highest BCUT2D eigenvalue weighted by Crippen LogP contribution is 2.12. The third-order valence-corrected chi connectivity index (χ3v) is 8.66. The van der Waals surface area contributed by atoms with Crippen LogP contribution in [-0.2, 0) is 4.79 Å². The molecule has 0 spiro atoms. The summed E-state index contributed by atoms with van der Waals surface area (Å²) in [6, 6.07) is 20.6. The molecule has 22 heavy (non-hydrogen) atoms. The van der Waals surface area contributed by atoms with Crippen LogP contribution in [0.4, 0.5) is 0 Å². The molecular formula is C20H24OSi. The molecule has 2 rings (SSSR count). The zero-order chi connectivity index (χ0) is 15.8. The first-order chi connectivity index (χ1) is 10.7. The van der Waals surface area contributed by atoms with Crippen LogP contribution in [0.15, 0.2) is 73.3 Å². The van der Waals surface area contributed by atoms with Gasteiger partial charge in [0.1, 0.15) is 5.41 Å². The molecule has 0 fully saturated rings. The SMILES string of the molecule is C=CCCCCC(=O)[Si](C)(c1ccccc1)c1ccccc1. The number of hydrogen-bond acceptors (Lipinski definition) is 1. The van der Waals surface area contributed by atoms with Crippen LogP contribution in [0, 0.1) is 0 Å². The lowest BCUT2D eigenvalue weighted by Crippen LogP contribution is -2.62. The van der Waals surface area contributed by atoms with Gasteiger partial charge < -0.3 is 4.79 Å². The van der Waals surface area contributed by atoms with Crippen LogP contribution in [-0.4, -0.2) is 13.5 Å². The first-order valence-electron chi connectivity index (χ1n) is 7.95. The number of carbonyl (C=O) groups is 1. The molecule has 0 bridgehead atoms. The maximum atomic E-state index is 13.1. The van der Waals surface area contributed by atoms with E-state index < -0.39 is 8.07 Å². The van der Waals surface area contributed by atoms with Crippen molar-refractivity contribution in [1.29, 1.82) is 0 Å². The molecule has 0 N–H and O–H groups in total. The molecule has 0 aromatic heterocycles. The smallest absolute Gasteiger partial charge is 0.190 e. The molecule has 0 aliphatic heterocycles. The molecule has 0 saturated heterocycles. The zero-order valence-corrected chi connectivity index (χ0v) is 14.3. The van der Waals surface area contributed by atoms with E-state index in [2.05, 4.69) is 37.4 Å². The Morgan fingerprint density at radius 1 is 0.955 bits per heavy atom. The average molecular weight is 308 g/mol. The molecular weight excluding hydrogens is 284 g/mol. The third kappa shape index (κ3) is 3.63. The minimum absolute atomic E-state index is 0.425. The highest BCUT2D eigenvalue weighted by Gasteiger charge is 2.38. The second-order valence-electron chi connectivity index (χ2n) is 5.81. The summed E-state index contributed by atoms with van der Waals surface area (Å²) in [6.45, 7) is 5.93. The number of unbranched alkanes of at least 4 members (excludes halogenated alkanes) is 2. The van der Waals surface area contributed by atoms with Gasteiger partial charge in [0.05, 0.1) is 0 Å². The molecule has 1 nitrogen and oxygen atoms in total. The van der Waals surface area contributed by atoms with Gasteiger partial charge in [-0.3, -0.25) is 0 Å². The number of hydrogen-bond donors (Lipinski definition) is 0. The van der Waals surface area contributed by atoms with Crippen LogP contribution in [0.1, 0.15) is 25.7 Å². The fourth-order valence-corrected chi connectivity index (χ4v) is 6.23. The summed E-state index contributed by atoms with van der Waals surface area (Å²) in [5, 5.41) is 2.83. The van der Waals surface area contributed by atoms with Crippen LogP contribution < -0.4 is 10.4 Å². The lowest BCUT2D eigenvalue weighted by Gasteiger charge is -2.27. The largest absolute Gasteiger partial charge is 0.305 e. The van der Waals surface area contributed by atoms with E-state index in [9.17, 15) is 4.79 Å². The molecule has 0 saturated carbocycles. The lowest BCUT2D eigenvalue weighted by atomic mass is 10.2. The molecule has 2 aromatic carbocycles. The summed E-state index contributed by atoms with van der Waals surface area (Å²) in [6.07, 6.45) is 5.58. The highest BCUT2D eigenvalue weighted by atomic mass is 28.3. The van der Waals surface area contributed by atoms with Crippen LogP contribution >= 0.6 is 0 Å². The van der Waals surface area contributed by atoms with Crippen LogP contribution in [0.25, 0.3) is 0 Å². The molecule has 2 heteroatoms. The van der Waals surface area contributed by atoms with Gasteiger partial charge in [-0.2, -0.15) is 0 Å². The Labute approximate surface area is 134 Å². The van der Waals surface area contributed by atoms with Crippen molar-refractivity contribution in [3.05, 3.63) is 73.3 Å². The van der Waals surface area contributed by atoms with E-state index in [-0.39, 0.29) is 0 Å². The second-order valence-corrected chi connectivity index (χ2v) is 9.78. The normalized spacial score (nSPS) is 11.1. The summed E-state index contributed by atoms with van der Waals surface area (Å²) in [5.41, 5.74) is 0. The molecule has 0 amide bonds. The van der Waals surface area contributed by atoms with Crippen molar-refractivity contribution in [1.82, 2.24) is 0 Å². The molecule has 0 aliphatic rings. The molecule has 0 radical (unpaired) electrons. The monoisotopic (exact) mass is 308 g/mol. The minimum Gasteiger partial charge on any atom is -0.305 e. The van der Waals surface area contributed by atoms with Gasteiger partial charge in [0.2, 0.25) is 0 Å². The van der Waals surface area contributed by atoms with Crippen molar-refractivity contribution in [3.8, 4) is 0 Å². The topological polar surface area (TPSA) is 17.1 Å². The Kier molecular flexibility index (Phi) is 5.90. The van der Waals surface area contributed by atoms with Gasteiger partial charge in [-0.05, 0) is 29.6 Å². The maximum absolute atomic E-state index is 13.1. The van der Waals surface area contributed by atoms with E-state index in [0.29, 0.717) is 11.8 Å². The van der Waals surface area contributed by atoms with Gasteiger partial charge in [0.15, 0.2) is 8.07 Å². The van der Waals surface area contributed by atoms with Crippen molar-refractivity contribution in [2.45, 2.75) is 32.2 Å². The van der Waals surface area contributed by atoms with Gasteiger partial charge in [-0.25, -0.2) is 0 Å². The van der Waals surface area contributed by atoms with Crippen LogP contribution in [0.5, 0.6) is 0 Å². The van der Waals surface area contributed by atoms with Crippen molar-refractivity contribution in [2.75, 3.05) is 0 Å². The predicted octanol–water partition coefficient (Wildman–Crippen LogP) is 3.73. The summed E-state index contributed by atoms with van der Waals surface area (Å²) in [7, 11) is -2.33.